The summed E-state index contributed by atoms with van der Waals surface area (Å²) < 4.78 is 0. The summed E-state index contributed by atoms with van der Waals surface area (Å²) in [6.07, 6.45) is 6.74. The molecule has 0 spiro atoms. The van der Waals surface area contributed by atoms with Crippen LogP contribution in [-0.2, 0) is 14.4 Å². The molecule has 6 heteroatoms. The monoisotopic (exact) mass is 453 g/mol. The van der Waals surface area contributed by atoms with Crippen molar-refractivity contribution in [3.05, 3.63) is 29.3 Å². The molecule has 0 aromatic heterocycles. The molecule has 33 heavy (non-hydrogen) atoms. The molecule has 4 fully saturated rings. The number of likely N-dealkylation sites (N-methyl/N-ethyl adjacent to an activating group) is 1. The third kappa shape index (κ3) is 4.80. The van der Waals surface area contributed by atoms with Crippen LogP contribution in [0.3, 0.4) is 0 Å². The summed E-state index contributed by atoms with van der Waals surface area (Å²) in [5, 5.41) is 6.08. The van der Waals surface area contributed by atoms with Gasteiger partial charge in [0.25, 0.3) is 0 Å². The summed E-state index contributed by atoms with van der Waals surface area (Å²) in [6, 6.07) is 5.23. The quantitative estimate of drug-likeness (QED) is 0.654. The van der Waals surface area contributed by atoms with Crippen LogP contribution in [0.1, 0.15) is 63.5 Å². The molecule has 3 amide bonds. The van der Waals surface area contributed by atoms with Gasteiger partial charge in [0, 0.05) is 18.2 Å². The minimum Gasteiger partial charge on any atom is -0.344 e. The topological polar surface area (TPSA) is 78.5 Å². The molecule has 0 radical (unpaired) electrons. The van der Waals surface area contributed by atoms with Crippen LogP contribution in [0.5, 0.6) is 0 Å². The van der Waals surface area contributed by atoms with E-state index in [-0.39, 0.29) is 35.6 Å². The first-order valence-corrected chi connectivity index (χ1v) is 12.5. The van der Waals surface area contributed by atoms with Gasteiger partial charge in [-0.2, -0.15) is 0 Å². The van der Waals surface area contributed by atoms with Gasteiger partial charge in [-0.25, -0.2) is 0 Å². The predicted octanol–water partition coefficient (Wildman–Crippen LogP) is 4.06. The molecule has 0 heterocycles. The lowest BCUT2D eigenvalue weighted by Gasteiger charge is -2.56. The van der Waals surface area contributed by atoms with Crippen molar-refractivity contribution >= 4 is 23.4 Å². The molecule has 1 aromatic rings. The zero-order valence-corrected chi connectivity index (χ0v) is 20.7. The molecule has 5 rings (SSSR count). The van der Waals surface area contributed by atoms with Gasteiger partial charge in [-0.15, -0.1) is 0 Å². The largest absolute Gasteiger partial charge is 0.344 e. The fraction of sp³-hybridized carbons (Fsp3) is 0.667. The zero-order chi connectivity index (χ0) is 23.9. The Hall–Kier alpha value is -2.37. The molecule has 6 nitrogen and oxygen atoms in total. The van der Waals surface area contributed by atoms with Gasteiger partial charge in [0.15, 0.2) is 0 Å². The summed E-state index contributed by atoms with van der Waals surface area (Å²) in [5.74, 6) is 1.57. The number of anilines is 1. The predicted molar refractivity (Wildman–Crippen MR) is 130 cm³/mol. The van der Waals surface area contributed by atoms with Crippen molar-refractivity contribution < 1.29 is 14.4 Å². The second kappa shape index (κ2) is 9.11. The summed E-state index contributed by atoms with van der Waals surface area (Å²) in [7, 11) is 1.64. The standard InChI is InChI=1S/C27H39N3O3/c1-16(2)23(29-26(33)27-12-19-9-20(13-27)11-21(10-19)14-27)25(32)30(5)15-22(31)28-24-17(3)7-6-8-18(24)4/h6-8,16,19-21,23H,9-15H2,1-5H3,(H,28,31)(H,29,33). The number of aryl methyl sites for hydroxylation is 2. The third-order valence-electron chi connectivity index (χ3n) is 8.24. The van der Waals surface area contributed by atoms with Crippen molar-refractivity contribution in [1.82, 2.24) is 10.2 Å². The Kier molecular flexibility index (Phi) is 6.56. The van der Waals surface area contributed by atoms with Crippen LogP contribution in [0.15, 0.2) is 18.2 Å². The fourth-order valence-corrected chi connectivity index (χ4v) is 6.92. The van der Waals surface area contributed by atoms with E-state index in [1.165, 1.54) is 24.2 Å². The van der Waals surface area contributed by atoms with E-state index in [9.17, 15) is 14.4 Å². The van der Waals surface area contributed by atoms with Gasteiger partial charge in [0.2, 0.25) is 17.7 Å². The van der Waals surface area contributed by atoms with Gasteiger partial charge < -0.3 is 15.5 Å². The highest BCUT2D eigenvalue weighted by Crippen LogP contribution is 2.60. The number of nitrogens with one attached hydrogen (secondary N) is 2. The lowest BCUT2D eigenvalue weighted by Crippen LogP contribution is -2.58. The Balaban J connectivity index is 1.39. The molecule has 0 saturated heterocycles. The van der Waals surface area contributed by atoms with Crippen LogP contribution in [-0.4, -0.2) is 42.3 Å². The van der Waals surface area contributed by atoms with Crippen molar-refractivity contribution in [2.75, 3.05) is 18.9 Å². The van der Waals surface area contributed by atoms with E-state index in [2.05, 4.69) is 10.6 Å². The highest BCUT2D eigenvalue weighted by Gasteiger charge is 2.55. The summed E-state index contributed by atoms with van der Waals surface area (Å²) in [6.45, 7) is 7.75. The number of benzene rings is 1. The minimum absolute atomic E-state index is 0.0525. The number of para-hydroxylation sites is 1. The zero-order valence-electron chi connectivity index (χ0n) is 20.7. The minimum atomic E-state index is -0.622. The van der Waals surface area contributed by atoms with Crippen LogP contribution < -0.4 is 10.6 Å². The molecule has 4 aliphatic rings. The molecule has 0 aliphatic heterocycles. The summed E-state index contributed by atoms with van der Waals surface area (Å²) >= 11 is 0. The second-order valence-corrected chi connectivity index (χ2v) is 11.4. The Morgan fingerprint density at radius 1 is 1.00 bits per heavy atom. The lowest BCUT2D eigenvalue weighted by atomic mass is 9.49. The first-order valence-electron chi connectivity index (χ1n) is 12.5. The number of amides is 3. The highest BCUT2D eigenvalue weighted by molar-refractivity contribution is 5.97. The SMILES string of the molecule is Cc1cccc(C)c1NC(=O)CN(C)C(=O)C(NC(=O)C12CC3CC(CC(C3)C1)C2)C(C)C. The molecule has 2 N–H and O–H groups in total. The molecule has 180 valence electrons. The summed E-state index contributed by atoms with van der Waals surface area (Å²) in [5.41, 5.74) is 2.47. The lowest BCUT2D eigenvalue weighted by molar-refractivity contribution is -0.150. The van der Waals surface area contributed by atoms with E-state index in [4.69, 9.17) is 0 Å². The van der Waals surface area contributed by atoms with Crippen molar-refractivity contribution in [1.29, 1.82) is 0 Å². The van der Waals surface area contributed by atoms with Crippen LogP contribution in [0.25, 0.3) is 0 Å². The van der Waals surface area contributed by atoms with E-state index in [1.54, 1.807) is 7.05 Å². The smallest absolute Gasteiger partial charge is 0.245 e. The maximum atomic E-state index is 13.5. The molecular weight excluding hydrogens is 414 g/mol. The Bertz CT molecular complexity index is 883. The van der Waals surface area contributed by atoms with Gasteiger partial charge in [0.1, 0.15) is 6.04 Å². The second-order valence-electron chi connectivity index (χ2n) is 11.4. The molecule has 1 atom stereocenters. The Morgan fingerprint density at radius 2 is 1.52 bits per heavy atom. The van der Waals surface area contributed by atoms with Crippen LogP contribution >= 0.6 is 0 Å². The maximum Gasteiger partial charge on any atom is 0.245 e. The van der Waals surface area contributed by atoms with E-state index >= 15 is 0 Å². The van der Waals surface area contributed by atoms with E-state index < -0.39 is 6.04 Å². The number of hydrogen-bond acceptors (Lipinski definition) is 3. The molecule has 1 aromatic carbocycles. The van der Waals surface area contributed by atoms with Crippen molar-refractivity contribution in [2.45, 2.75) is 72.3 Å². The van der Waals surface area contributed by atoms with Gasteiger partial charge in [0.05, 0.1) is 6.54 Å². The number of carbonyl (C=O) groups excluding carboxylic acids is 3. The van der Waals surface area contributed by atoms with Crippen molar-refractivity contribution in [3.63, 3.8) is 0 Å². The van der Waals surface area contributed by atoms with Crippen molar-refractivity contribution in [2.24, 2.45) is 29.1 Å². The van der Waals surface area contributed by atoms with Gasteiger partial charge in [-0.05, 0) is 87.2 Å². The summed E-state index contributed by atoms with van der Waals surface area (Å²) in [4.78, 5) is 40.9. The van der Waals surface area contributed by atoms with Crippen molar-refractivity contribution in [3.8, 4) is 0 Å². The normalized spacial score (nSPS) is 28.5. The van der Waals surface area contributed by atoms with Crippen LogP contribution in [0.4, 0.5) is 5.69 Å². The molecule has 4 bridgehead atoms. The number of nitrogens with zero attached hydrogens (tertiary/aromatic N) is 1. The first kappa shape index (κ1) is 23.8. The number of carbonyl (C=O) groups is 3. The number of hydrogen-bond donors (Lipinski definition) is 2. The van der Waals surface area contributed by atoms with Crippen LogP contribution in [0, 0.1) is 42.9 Å². The Morgan fingerprint density at radius 3 is 2.00 bits per heavy atom. The third-order valence-corrected chi connectivity index (χ3v) is 8.24. The highest BCUT2D eigenvalue weighted by atomic mass is 16.2. The number of rotatable bonds is 7. The first-order chi connectivity index (χ1) is 15.6. The van der Waals surface area contributed by atoms with Crippen LogP contribution in [0.2, 0.25) is 0 Å². The van der Waals surface area contributed by atoms with E-state index in [1.807, 2.05) is 45.9 Å². The average molecular weight is 454 g/mol. The maximum absolute atomic E-state index is 13.5. The molecule has 1 unspecified atom stereocenters. The van der Waals surface area contributed by atoms with E-state index in [0.717, 1.165) is 36.1 Å². The molecule has 4 aliphatic carbocycles. The van der Waals surface area contributed by atoms with E-state index in [0.29, 0.717) is 17.8 Å². The van der Waals surface area contributed by atoms with Gasteiger partial charge in [-0.3, -0.25) is 14.4 Å². The van der Waals surface area contributed by atoms with Gasteiger partial charge in [-0.1, -0.05) is 32.0 Å². The molecule has 4 saturated carbocycles. The van der Waals surface area contributed by atoms with Gasteiger partial charge >= 0.3 is 0 Å². The average Bonchev–Trinajstić information content (AvgIpc) is 2.72. The fourth-order valence-electron chi connectivity index (χ4n) is 6.92. The Labute approximate surface area is 197 Å². The molecular formula is C27H39N3O3.